The zero-order valence-corrected chi connectivity index (χ0v) is 19.8. The smallest absolute Gasteiger partial charge is 0.323 e. The van der Waals surface area contributed by atoms with E-state index in [4.69, 9.17) is 4.74 Å². The van der Waals surface area contributed by atoms with E-state index in [2.05, 4.69) is 0 Å². The first kappa shape index (κ1) is 25.3. The molecule has 1 amide bonds. The predicted octanol–water partition coefficient (Wildman–Crippen LogP) is 5.09. The second-order valence-electron chi connectivity index (χ2n) is 9.30. The molecule has 0 unspecified atom stereocenters. The molecule has 188 valence electrons. The van der Waals surface area contributed by atoms with Crippen molar-refractivity contribution < 1.29 is 32.6 Å². The number of hydrogen-bond acceptors (Lipinski definition) is 3. The number of benzene rings is 3. The van der Waals surface area contributed by atoms with Crippen LogP contribution >= 0.6 is 0 Å². The first-order valence-corrected chi connectivity index (χ1v) is 11.6. The number of halogens is 3. The molecule has 0 fully saturated rings. The first-order valence-electron chi connectivity index (χ1n) is 11.6. The molecule has 0 aromatic heterocycles. The molecule has 0 saturated carbocycles. The van der Waals surface area contributed by atoms with Gasteiger partial charge in [0, 0.05) is 31.4 Å². The number of nitrogens with zero attached hydrogens (tertiary/aromatic N) is 1. The summed E-state index contributed by atoms with van der Waals surface area (Å²) in [5, 5.41) is 9.20. The minimum Gasteiger partial charge on any atom is -0.487 e. The highest BCUT2D eigenvalue weighted by atomic mass is 19.2. The molecule has 0 spiro atoms. The van der Waals surface area contributed by atoms with Crippen molar-refractivity contribution >= 4 is 11.9 Å². The number of aliphatic carboxylic acids is 1. The van der Waals surface area contributed by atoms with E-state index in [1.54, 1.807) is 18.2 Å². The molecule has 0 saturated heterocycles. The molecular weight excluding hydrogens is 471 g/mol. The lowest BCUT2D eigenvalue weighted by Gasteiger charge is -2.24. The Balaban J connectivity index is 1.41. The summed E-state index contributed by atoms with van der Waals surface area (Å²) in [6.07, 6.45) is 1.31. The zero-order chi connectivity index (χ0) is 25.9. The van der Waals surface area contributed by atoms with Crippen LogP contribution in [-0.2, 0) is 35.4 Å². The zero-order valence-electron chi connectivity index (χ0n) is 19.8. The summed E-state index contributed by atoms with van der Waals surface area (Å²) in [6.45, 7) is 0.959. The number of fused-ring (bicyclic) bond motifs is 1. The Bertz CT molecular complexity index is 1300. The normalized spacial score (nSPS) is 16.3. The van der Waals surface area contributed by atoms with Gasteiger partial charge in [0.15, 0.2) is 11.6 Å². The second-order valence-corrected chi connectivity index (χ2v) is 9.30. The molecule has 1 aliphatic heterocycles. The van der Waals surface area contributed by atoms with Gasteiger partial charge in [0.05, 0.1) is 0 Å². The van der Waals surface area contributed by atoms with Gasteiger partial charge in [-0.15, -0.1) is 0 Å². The van der Waals surface area contributed by atoms with E-state index in [1.165, 1.54) is 18.2 Å². The van der Waals surface area contributed by atoms with E-state index in [-0.39, 0.29) is 24.3 Å². The van der Waals surface area contributed by atoms with E-state index >= 15 is 0 Å². The molecule has 8 heteroatoms. The molecular formula is C28H26F3NO4. The maximum Gasteiger partial charge on any atom is 0.323 e. The third kappa shape index (κ3) is 5.87. The molecule has 0 bridgehead atoms. The summed E-state index contributed by atoms with van der Waals surface area (Å²) in [5.41, 5.74) is 1.68. The highest BCUT2D eigenvalue weighted by Gasteiger charge is 2.35. The fraction of sp³-hybridized carbons (Fsp3) is 0.286. The number of carboxylic acids is 1. The highest BCUT2D eigenvalue weighted by molar-refractivity contribution is 5.81. The van der Waals surface area contributed by atoms with Gasteiger partial charge in [-0.3, -0.25) is 9.59 Å². The van der Waals surface area contributed by atoms with Crippen molar-refractivity contribution in [3.63, 3.8) is 0 Å². The number of aryl methyl sites for hydroxylation is 1. The largest absolute Gasteiger partial charge is 0.487 e. The van der Waals surface area contributed by atoms with E-state index in [9.17, 15) is 27.9 Å². The van der Waals surface area contributed by atoms with Gasteiger partial charge in [0.25, 0.3) is 0 Å². The van der Waals surface area contributed by atoms with Crippen molar-refractivity contribution in [1.82, 2.24) is 4.90 Å². The topological polar surface area (TPSA) is 66.8 Å². The van der Waals surface area contributed by atoms with Crippen LogP contribution < -0.4 is 4.74 Å². The predicted molar refractivity (Wildman–Crippen MR) is 127 cm³/mol. The van der Waals surface area contributed by atoms with Gasteiger partial charge in [-0.2, -0.15) is 0 Å². The van der Waals surface area contributed by atoms with Crippen molar-refractivity contribution in [3.8, 4) is 5.75 Å². The lowest BCUT2D eigenvalue weighted by atomic mass is 9.91. The van der Waals surface area contributed by atoms with Crippen LogP contribution in [0.25, 0.3) is 0 Å². The van der Waals surface area contributed by atoms with Crippen molar-refractivity contribution in [1.29, 1.82) is 0 Å². The van der Waals surface area contributed by atoms with Gasteiger partial charge in [-0.05, 0) is 48.2 Å². The van der Waals surface area contributed by atoms with Crippen LogP contribution in [0.5, 0.6) is 5.75 Å². The lowest BCUT2D eigenvalue weighted by molar-refractivity contribution is -0.144. The molecule has 36 heavy (non-hydrogen) atoms. The maximum absolute atomic E-state index is 14.1. The third-order valence-electron chi connectivity index (χ3n) is 6.27. The lowest BCUT2D eigenvalue weighted by Crippen LogP contribution is -2.35. The van der Waals surface area contributed by atoms with Gasteiger partial charge in [-0.1, -0.05) is 42.5 Å². The number of rotatable bonds is 9. The van der Waals surface area contributed by atoms with Gasteiger partial charge in [0.2, 0.25) is 5.91 Å². The number of carboxylic acid groups (broad SMARTS) is 1. The Hall–Kier alpha value is -3.81. The molecule has 0 radical (unpaired) electrons. The number of hydrogen-bond donors (Lipinski definition) is 1. The average molecular weight is 498 g/mol. The standard InChI is InChI=1S/C28H26F3NO4/c1-28(14-19-5-2-3-7-22(19)29)15-21-13-18(9-11-24(21)36-28)10-12-25(33)32(17-26(34)35)16-20-6-4-8-23(30)27(20)31/h2-9,11,13H,10,12,14-17H2,1H3,(H,34,35)/t28-/m1/s1. The fourth-order valence-electron chi connectivity index (χ4n) is 4.55. The summed E-state index contributed by atoms with van der Waals surface area (Å²) in [4.78, 5) is 25.1. The van der Waals surface area contributed by atoms with Gasteiger partial charge in [0.1, 0.15) is 23.7 Å². The van der Waals surface area contributed by atoms with Crippen LogP contribution in [0.1, 0.15) is 35.6 Å². The Kier molecular flexibility index (Phi) is 7.33. The van der Waals surface area contributed by atoms with Crippen molar-refractivity contribution in [2.75, 3.05) is 6.54 Å². The van der Waals surface area contributed by atoms with Crippen molar-refractivity contribution in [2.24, 2.45) is 0 Å². The Morgan fingerprint density at radius 1 is 1.00 bits per heavy atom. The SMILES string of the molecule is C[C@@]1(Cc2ccccc2F)Cc2cc(CCC(=O)N(CC(=O)O)Cc3cccc(F)c3F)ccc2O1. The molecule has 3 aromatic rings. The minimum absolute atomic E-state index is 0.00362. The molecule has 1 aliphatic rings. The monoisotopic (exact) mass is 497 g/mol. The molecule has 3 aromatic carbocycles. The maximum atomic E-state index is 14.1. The summed E-state index contributed by atoms with van der Waals surface area (Å²) in [5.74, 6) is -3.46. The third-order valence-corrected chi connectivity index (χ3v) is 6.27. The number of amides is 1. The van der Waals surface area contributed by atoms with Crippen LogP contribution in [-0.4, -0.2) is 34.0 Å². The highest BCUT2D eigenvalue weighted by Crippen LogP contribution is 2.38. The van der Waals surface area contributed by atoms with E-state index in [0.29, 0.717) is 30.6 Å². The van der Waals surface area contributed by atoms with Gasteiger partial charge >= 0.3 is 5.97 Å². The number of ether oxygens (including phenoxy) is 1. The average Bonchev–Trinajstić information content (AvgIpc) is 3.16. The van der Waals surface area contributed by atoms with Crippen LogP contribution in [0.2, 0.25) is 0 Å². The van der Waals surface area contributed by atoms with Crippen molar-refractivity contribution in [2.45, 2.75) is 44.8 Å². The molecule has 1 heterocycles. The molecule has 1 atom stereocenters. The summed E-state index contributed by atoms with van der Waals surface area (Å²) < 4.78 is 47.9. The Labute approximate surface area is 207 Å². The summed E-state index contributed by atoms with van der Waals surface area (Å²) in [6, 6.07) is 15.8. The quantitative estimate of drug-likeness (QED) is 0.448. The van der Waals surface area contributed by atoms with Gasteiger partial charge in [-0.25, -0.2) is 13.2 Å². The summed E-state index contributed by atoms with van der Waals surface area (Å²) in [7, 11) is 0. The molecule has 1 N–H and O–H groups in total. The summed E-state index contributed by atoms with van der Waals surface area (Å²) >= 11 is 0. The first-order chi connectivity index (χ1) is 17.1. The van der Waals surface area contributed by atoms with Gasteiger partial charge < -0.3 is 14.7 Å². The minimum atomic E-state index is -1.25. The van der Waals surface area contributed by atoms with Crippen LogP contribution in [0.15, 0.2) is 60.7 Å². The van der Waals surface area contributed by atoms with Crippen LogP contribution in [0.3, 0.4) is 0 Å². The number of carbonyl (C=O) groups is 2. The van der Waals surface area contributed by atoms with E-state index < -0.39 is 35.7 Å². The molecule has 0 aliphatic carbocycles. The Morgan fingerprint density at radius 2 is 1.72 bits per heavy atom. The van der Waals surface area contributed by atoms with Crippen molar-refractivity contribution in [3.05, 3.63) is 100 Å². The van der Waals surface area contributed by atoms with E-state index in [1.807, 2.05) is 25.1 Å². The molecule has 4 rings (SSSR count). The number of carbonyl (C=O) groups excluding carboxylic acids is 1. The Morgan fingerprint density at radius 3 is 2.47 bits per heavy atom. The van der Waals surface area contributed by atoms with Crippen LogP contribution in [0, 0.1) is 17.5 Å². The van der Waals surface area contributed by atoms with Crippen LogP contribution in [0.4, 0.5) is 13.2 Å². The van der Waals surface area contributed by atoms with E-state index in [0.717, 1.165) is 22.1 Å². The second kappa shape index (κ2) is 10.4. The fourth-order valence-corrected chi connectivity index (χ4v) is 4.55. The molecule has 5 nitrogen and oxygen atoms in total.